The minimum absolute atomic E-state index is 0.0325. The maximum absolute atomic E-state index is 14.9. The zero-order chi connectivity index (χ0) is 35.0. The fourth-order valence-electron chi connectivity index (χ4n) is 6.43. The van der Waals surface area contributed by atoms with E-state index in [1.54, 1.807) is 6.92 Å². The van der Waals surface area contributed by atoms with Crippen LogP contribution in [-0.2, 0) is 34.9 Å². The van der Waals surface area contributed by atoms with E-state index in [4.69, 9.17) is 4.74 Å². The van der Waals surface area contributed by atoms with Gasteiger partial charge in [0.1, 0.15) is 28.2 Å². The number of thiophene rings is 1. The Morgan fingerprint density at radius 3 is 2.46 bits per heavy atom. The molecule has 2 aliphatic rings. The maximum Gasteiger partial charge on any atom is 0.425 e. The quantitative estimate of drug-likeness (QED) is 0.255. The van der Waals surface area contributed by atoms with Gasteiger partial charge in [-0.05, 0) is 48.2 Å². The molecule has 5 rings (SSSR count). The first-order valence-corrected chi connectivity index (χ1v) is 15.9. The summed E-state index contributed by atoms with van der Waals surface area (Å²) in [6, 6.07) is 3.20. The molecule has 0 bridgehead atoms. The summed E-state index contributed by atoms with van der Waals surface area (Å²) in [7, 11) is 0. The molecule has 1 saturated heterocycles. The van der Waals surface area contributed by atoms with E-state index in [0.717, 1.165) is 39.6 Å². The molecule has 2 aromatic heterocycles. The molecule has 0 spiro atoms. The number of alkyl halides is 6. The molecule has 8 nitrogen and oxygen atoms in total. The number of pyridine rings is 1. The fraction of sp³-hybridized carbons (Fsp3) is 0.438. The van der Waals surface area contributed by atoms with E-state index in [9.17, 15) is 50.2 Å². The lowest BCUT2D eigenvalue weighted by molar-refractivity contribution is -0.168. The monoisotopic (exact) mass is 701 g/mol. The van der Waals surface area contributed by atoms with Gasteiger partial charge in [-0.15, -0.1) is 11.3 Å². The lowest BCUT2D eigenvalue weighted by atomic mass is 9.78. The van der Waals surface area contributed by atoms with Crippen molar-refractivity contribution in [2.45, 2.75) is 82.0 Å². The molecule has 0 aliphatic carbocycles. The molecular weight excluding hydrogens is 671 g/mol. The van der Waals surface area contributed by atoms with E-state index < -0.39 is 76.3 Å². The van der Waals surface area contributed by atoms with E-state index in [-0.39, 0.29) is 38.0 Å². The summed E-state index contributed by atoms with van der Waals surface area (Å²) in [4.78, 5) is 46.0. The third-order valence-corrected chi connectivity index (χ3v) is 9.58. The van der Waals surface area contributed by atoms with Crippen molar-refractivity contribution in [3.05, 3.63) is 81.1 Å². The predicted molar refractivity (Wildman–Crippen MR) is 158 cm³/mol. The first-order valence-electron chi connectivity index (χ1n) is 15.1. The standard InChI is InChI=1S/C32H30F7N3O5S/c1-2-3-7-24-30(47-21-15-25(48-17-21)32(37,38)39,10-5-12-41(24)27(43)26-22(31(34,35)36)6-4-11-40-26)29(46)42-16-19-13-20(33)9-8-18(19)14-23(42)28(44)45/h4,6,8-9,11,13,15,17,23-24H,2-3,5,7,10,12,14,16H2,1H3,(H,44,45)/t23-,24+,30-/m0/s1. The Kier molecular flexibility index (Phi) is 9.77. The highest BCUT2D eigenvalue weighted by molar-refractivity contribution is 7.10. The van der Waals surface area contributed by atoms with Gasteiger partial charge in [0, 0.05) is 43.6 Å². The van der Waals surface area contributed by atoms with Crippen LogP contribution in [0.25, 0.3) is 0 Å². The van der Waals surface area contributed by atoms with E-state index in [1.807, 2.05) is 0 Å². The van der Waals surface area contributed by atoms with Crippen LogP contribution >= 0.6 is 11.3 Å². The Morgan fingerprint density at radius 2 is 1.81 bits per heavy atom. The van der Waals surface area contributed by atoms with Crippen molar-refractivity contribution >= 4 is 29.1 Å². The Bertz CT molecular complexity index is 1690. The van der Waals surface area contributed by atoms with Gasteiger partial charge < -0.3 is 19.6 Å². The van der Waals surface area contributed by atoms with Gasteiger partial charge in [0.15, 0.2) is 0 Å². The van der Waals surface area contributed by atoms with Gasteiger partial charge in [-0.3, -0.25) is 14.6 Å². The van der Waals surface area contributed by atoms with E-state index in [2.05, 4.69) is 4.98 Å². The molecule has 4 heterocycles. The number of ether oxygens (including phenoxy) is 1. The van der Waals surface area contributed by atoms with E-state index in [1.165, 1.54) is 6.07 Å². The Balaban J connectivity index is 1.66. The summed E-state index contributed by atoms with van der Waals surface area (Å²) in [6.07, 6.45) is -8.43. The first-order chi connectivity index (χ1) is 22.6. The van der Waals surface area contributed by atoms with Gasteiger partial charge in [-0.2, -0.15) is 26.3 Å². The largest absolute Gasteiger partial charge is 0.480 e. The number of halogens is 7. The number of carbonyl (C=O) groups is 3. The highest BCUT2D eigenvalue weighted by Crippen LogP contribution is 2.43. The van der Waals surface area contributed by atoms with E-state index in [0.29, 0.717) is 47.4 Å². The smallest absolute Gasteiger partial charge is 0.425 e. The van der Waals surface area contributed by atoms with Crippen LogP contribution in [0.2, 0.25) is 0 Å². The highest BCUT2D eigenvalue weighted by Gasteiger charge is 2.57. The zero-order valence-corrected chi connectivity index (χ0v) is 26.2. The predicted octanol–water partition coefficient (Wildman–Crippen LogP) is 6.97. The lowest BCUT2D eigenvalue weighted by Gasteiger charge is -2.51. The SMILES string of the molecule is CCCC[C@H]1N(C(=O)c2ncccc2C(F)(F)F)CCC[C@@]1(Oc1csc(C(F)(F)F)c1)C(=O)N1Cc2cc(F)ccc2C[C@H]1C(=O)O. The molecule has 0 saturated carbocycles. The molecular formula is C32H30F7N3O5S. The Labute approximate surface area is 274 Å². The topological polar surface area (TPSA) is 100 Å². The number of carbonyl (C=O) groups excluding carboxylic acids is 2. The van der Waals surface area contributed by atoms with Gasteiger partial charge in [0.25, 0.3) is 11.8 Å². The van der Waals surface area contributed by atoms with Crippen LogP contribution in [0.4, 0.5) is 30.7 Å². The second kappa shape index (κ2) is 13.4. The number of aromatic nitrogens is 1. The third kappa shape index (κ3) is 6.84. The fourth-order valence-corrected chi connectivity index (χ4v) is 7.11. The van der Waals surface area contributed by atoms with Crippen LogP contribution in [0.1, 0.15) is 71.1 Å². The number of hydrogen-bond acceptors (Lipinski definition) is 6. The number of benzene rings is 1. The van der Waals surface area contributed by atoms with Gasteiger partial charge in [-0.1, -0.05) is 25.8 Å². The van der Waals surface area contributed by atoms with Crippen molar-refractivity contribution in [2.75, 3.05) is 6.54 Å². The molecule has 1 fully saturated rings. The first kappa shape index (κ1) is 35.1. The van der Waals surface area contributed by atoms with Crippen molar-refractivity contribution in [2.24, 2.45) is 0 Å². The van der Waals surface area contributed by atoms with Crippen LogP contribution in [0.15, 0.2) is 48.0 Å². The number of aliphatic carboxylic acids is 1. The summed E-state index contributed by atoms with van der Waals surface area (Å²) in [5, 5.41) is 11.2. The minimum Gasteiger partial charge on any atom is -0.480 e. The average Bonchev–Trinajstić information content (AvgIpc) is 3.51. The summed E-state index contributed by atoms with van der Waals surface area (Å²) in [6.45, 7) is 1.23. The normalized spacial score (nSPS) is 21.5. The number of rotatable bonds is 8. The van der Waals surface area contributed by atoms with Crippen molar-refractivity contribution in [3.8, 4) is 5.75 Å². The number of piperidine rings is 1. The number of fused-ring (bicyclic) bond motifs is 1. The average molecular weight is 702 g/mol. The molecule has 2 aliphatic heterocycles. The van der Waals surface area contributed by atoms with Crippen LogP contribution in [0.5, 0.6) is 5.75 Å². The molecule has 3 atom stereocenters. The van der Waals surface area contributed by atoms with Crippen molar-refractivity contribution in [3.63, 3.8) is 0 Å². The molecule has 1 N–H and O–H groups in total. The minimum atomic E-state index is -4.97. The van der Waals surface area contributed by atoms with Gasteiger partial charge in [-0.25, -0.2) is 9.18 Å². The molecule has 16 heteroatoms. The van der Waals surface area contributed by atoms with Crippen molar-refractivity contribution in [1.29, 1.82) is 0 Å². The van der Waals surface area contributed by atoms with Crippen molar-refractivity contribution in [1.82, 2.24) is 14.8 Å². The van der Waals surface area contributed by atoms with Crippen LogP contribution in [0.3, 0.4) is 0 Å². The molecule has 3 aromatic rings. The number of likely N-dealkylation sites (tertiary alicyclic amines) is 1. The molecule has 2 amide bonds. The van der Waals surface area contributed by atoms with Gasteiger partial charge >= 0.3 is 18.3 Å². The lowest BCUT2D eigenvalue weighted by Crippen LogP contribution is -2.69. The summed E-state index contributed by atoms with van der Waals surface area (Å²) in [5.41, 5.74) is -3.73. The van der Waals surface area contributed by atoms with Crippen LogP contribution < -0.4 is 4.74 Å². The van der Waals surface area contributed by atoms with Crippen LogP contribution in [0, 0.1) is 5.82 Å². The molecule has 0 unspecified atom stereocenters. The zero-order valence-electron chi connectivity index (χ0n) is 25.4. The highest BCUT2D eigenvalue weighted by atomic mass is 32.1. The Morgan fingerprint density at radius 1 is 1.06 bits per heavy atom. The van der Waals surface area contributed by atoms with Gasteiger partial charge in [0.2, 0.25) is 5.60 Å². The second-order valence-corrected chi connectivity index (χ2v) is 12.6. The molecule has 48 heavy (non-hydrogen) atoms. The number of nitrogens with zero attached hydrogens (tertiary/aromatic N) is 3. The second-order valence-electron chi connectivity index (χ2n) is 11.7. The number of hydrogen-bond donors (Lipinski definition) is 1. The molecule has 1 aromatic carbocycles. The van der Waals surface area contributed by atoms with Crippen LogP contribution in [-0.4, -0.2) is 61.9 Å². The van der Waals surface area contributed by atoms with E-state index >= 15 is 0 Å². The van der Waals surface area contributed by atoms with Gasteiger partial charge in [0.05, 0.1) is 11.6 Å². The number of amides is 2. The number of unbranched alkanes of at least 4 members (excludes halogenated alkanes) is 1. The summed E-state index contributed by atoms with van der Waals surface area (Å²) < 4.78 is 103. The number of carboxylic acids is 1. The maximum atomic E-state index is 14.9. The molecule has 258 valence electrons. The Hall–Kier alpha value is -4.21. The summed E-state index contributed by atoms with van der Waals surface area (Å²) >= 11 is 0.290. The summed E-state index contributed by atoms with van der Waals surface area (Å²) in [5.74, 6) is -4.63. The third-order valence-electron chi connectivity index (χ3n) is 8.63. The number of carboxylic acid groups (broad SMARTS) is 1. The van der Waals surface area contributed by atoms with Crippen molar-refractivity contribution < 1.29 is 55.0 Å². The molecule has 0 radical (unpaired) electrons.